The van der Waals surface area contributed by atoms with Crippen molar-refractivity contribution in [1.29, 1.82) is 0 Å². The van der Waals surface area contributed by atoms with Gasteiger partial charge in [0.2, 0.25) is 5.91 Å². The molecule has 0 radical (unpaired) electrons. The Morgan fingerprint density at radius 3 is 2.50 bits per heavy atom. The molecule has 0 aliphatic carbocycles. The van der Waals surface area contributed by atoms with Crippen LogP contribution in [0.4, 0.5) is 4.79 Å². The molecule has 9 heteroatoms. The number of nitrogens with one attached hydrogen (secondary N) is 2. The number of hydrogen-bond donors (Lipinski definition) is 3. The molecule has 3 amide bonds. The summed E-state index contributed by atoms with van der Waals surface area (Å²) in [6.07, 6.45) is 0.977. The topological polar surface area (TPSA) is 130 Å². The van der Waals surface area contributed by atoms with Crippen LogP contribution in [0.2, 0.25) is 0 Å². The van der Waals surface area contributed by atoms with E-state index < -0.39 is 33.8 Å². The summed E-state index contributed by atoms with van der Waals surface area (Å²) in [6, 6.07) is -1.23. The minimum atomic E-state index is -3.12. The summed E-state index contributed by atoms with van der Waals surface area (Å²) in [7, 11) is -3.12. The molecular weight excluding hydrogens is 288 g/mol. The van der Waals surface area contributed by atoms with Crippen LogP contribution in [0.3, 0.4) is 0 Å². The van der Waals surface area contributed by atoms with Gasteiger partial charge in [0.05, 0.1) is 11.5 Å². The van der Waals surface area contributed by atoms with Gasteiger partial charge in [0.15, 0.2) is 9.84 Å². The van der Waals surface area contributed by atoms with E-state index in [0.717, 1.165) is 0 Å². The summed E-state index contributed by atoms with van der Waals surface area (Å²) in [5.41, 5.74) is 0. The Hall–Kier alpha value is -1.64. The average Bonchev–Trinajstić information content (AvgIpc) is 2.26. The Labute approximate surface area is 116 Å². The SMILES string of the molecule is O=C(O)CCCC(=O)NC(=O)NC1CCCS(=O)(=O)C1. The summed E-state index contributed by atoms with van der Waals surface area (Å²) < 4.78 is 22.8. The zero-order valence-corrected chi connectivity index (χ0v) is 11.7. The molecule has 1 fully saturated rings. The molecule has 0 aromatic carbocycles. The number of carboxylic acid groups (broad SMARTS) is 1. The minimum Gasteiger partial charge on any atom is -0.481 e. The van der Waals surface area contributed by atoms with Gasteiger partial charge in [-0.3, -0.25) is 14.9 Å². The highest BCUT2D eigenvalue weighted by Crippen LogP contribution is 2.11. The van der Waals surface area contributed by atoms with E-state index in [1.165, 1.54) is 0 Å². The van der Waals surface area contributed by atoms with Gasteiger partial charge in [-0.05, 0) is 19.3 Å². The van der Waals surface area contributed by atoms with Gasteiger partial charge in [0.1, 0.15) is 0 Å². The Balaban J connectivity index is 2.29. The number of urea groups is 1. The van der Waals surface area contributed by atoms with E-state index in [4.69, 9.17) is 5.11 Å². The summed E-state index contributed by atoms with van der Waals surface area (Å²) >= 11 is 0. The second-order valence-corrected chi connectivity index (χ2v) is 6.95. The van der Waals surface area contributed by atoms with Gasteiger partial charge in [-0.2, -0.15) is 0 Å². The molecule has 1 unspecified atom stereocenters. The second-order valence-electron chi connectivity index (χ2n) is 4.72. The monoisotopic (exact) mass is 306 g/mol. The fourth-order valence-corrected chi connectivity index (χ4v) is 3.58. The number of hydrogen-bond acceptors (Lipinski definition) is 5. The first kappa shape index (κ1) is 16.4. The first-order valence-electron chi connectivity index (χ1n) is 6.31. The number of sulfone groups is 1. The van der Waals surface area contributed by atoms with Crippen LogP contribution in [0.15, 0.2) is 0 Å². The molecule has 1 aliphatic heterocycles. The third-order valence-corrected chi connectivity index (χ3v) is 4.67. The van der Waals surface area contributed by atoms with Crippen molar-refractivity contribution < 1.29 is 27.9 Å². The predicted molar refractivity (Wildman–Crippen MR) is 69.8 cm³/mol. The molecule has 0 spiro atoms. The van der Waals surface area contributed by atoms with Gasteiger partial charge in [-0.15, -0.1) is 0 Å². The van der Waals surface area contributed by atoms with E-state index in [1.54, 1.807) is 0 Å². The van der Waals surface area contributed by atoms with Crippen LogP contribution >= 0.6 is 0 Å². The van der Waals surface area contributed by atoms with Gasteiger partial charge in [-0.25, -0.2) is 13.2 Å². The van der Waals surface area contributed by atoms with Gasteiger partial charge < -0.3 is 10.4 Å². The lowest BCUT2D eigenvalue weighted by Crippen LogP contribution is -2.48. The molecule has 3 N–H and O–H groups in total. The number of aliphatic carboxylic acids is 1. The second kappa shape index (κ2) is 7.22. The average molecular weight is 306 g/mol. The first-order chi connectivity index (χ1) is 9.28. The maximum atomic E-state index is 11.5. The molecule has 1 aliphatic rings. The van der Waals surface area contributed by atoms with Crippen molar-refractivity contribution in [1.82, 2.24) is 10.6 Å². The highest BCUT2D eigenvalue weighted by atomic mass is 32.2. The molecule has 0 aromatic heterocycles. The number of imide groups is 1. The van der Waals surface area contributed by atoms with E-state index in [9.17, 15) is 22.8 Å². The highest BCUT2D eigenvalue weighted by molar-refractivity contribution is 7.91. The molecule has 1 atom stereocenters. The largest absolute Gasteiger partial charge is 0.481 e. The van der Waals surface area contributed by atoms with E-state index in [1.807, 2.05) is 0 Å². The maximum absolute atomic E-state index is 11.5. The van der Waals surface area contributed by atoms with Crippen LogP contribution in [0.25, 0.3) is 0 Å². The Morgan fingerprint density at radius 1 is 1.20 bits per heavy atom. The number of carboxylic acids is 1. The van der Waals surface area contributed by atoms with E-state index >= 15 is 0 Å². The summed E-state index contributed by atoms with van der Waals surface area (Å²) in [5.74, 6) is -1.58. The van der Waals surface area contributed by atoms with Crippen molar-refractivity contribution in [3.8, 4) is 0 Å². The molecule has 114 valence electrons. The first-order valence-corrected chi connectivity index (χ1v) is 8.13. The van der Waals surface area contributed by atoms with Crippen molar-refractivity contribution in [2.75, 3.05) is 11.5 Å². The van der Waals surface area contributed by atoms with Gasteiger partial charge in [-0.1, -0.05) is 0 Å². The highest BCUT2D eigenvalue weighted by Gasteiger charge is 2.26. The molecule has 0 aromatic rings. The van der Waals surface area contributed by atoms with Crippen molar-refractivity contribution in [2.24, 2.45) is 0 Å². The number of carbonyl (C=O) groups excluding carboxylic acids is 2. The number of carbonyl (C=O) groups is 3. The third kappa shape index (κ3) is 6.50. The van der Waals surface area contributed by atoms with Crippen LogP contribution in [-0.2, 0) is 19.4 Å². The van der Waals surface area contributed by atoms with Crippen molar-refractivity contribution in [2.45, 2.75) is 38.1 Å². The fourth-order valence-electron chi connectivity index (χ4n) is 1.95. The summed E-state index contributed by atoms with van der Waals surface area (Å²) in [4.78, 5) is 33.1. The quantitative estimate of drug-likeness (QED) is 0.636. The standard InChI is InChI=1S/C11H18N2O6S/c14-9(4-1-5-10(15)16)13-11(17)12-8-3-2-6-20(18,19)7-8/h8H,1-7H2,(H,15,16)(H2,12,13,14,17). The van der Waals surface area contributed by atoms with Crippen LogP contribution < -0.4 is 10.6 Å². The molecule has 0 bridgehead atoms. The normalized spacial score (nSPS) is 20.9. The molecule has 1 rings (SSSR count). The molecule has 8 nitrogen and oxygen atoms in total. The fraction of sp³-hybridized carbons (Fsp3) is 0.727. The van der Waals surface area contributed by atoms with Gasteiger partial charge in [0, 0.05) is 18.9 Å². The number of rotatable bonds is 5. The van der Waals surface area contributed by atoms with E-state index in [-0.39, 0.29) is 30.8 Å². The maximum Gasteiger partial charge on any atom is 0.321 e. The molecule has 1 heterocycles. The Kier molecular flexibility index (Phi) is 5.93. The smallest absolute Gasteiger partial charge is 0.321 e. The lowest BCUT2D eigenvalue weighted by atomic mass is 10.2. The summed E-state index contributed by atoms with van der Waals surface area (Å²) in [5, 5.41) is 12.9. The Morgan fingerprint density at radius 2 is 1.90 bits per heavy atom. The summed E-state index contributed by atoms with van der Waals surface area (Å²) in [6.45, 7) is 0. The van der Waals surface area contributed by atoms with Crippen LogP contribution in [0, 0.1) is 0 Å². The van der Waals surface area contributed by atoms with Crippen LogP contribution in [-0.4, -0.2) is 49.0 Å². The molecule has 1 saturated heterocycles. The van der Waals surface area contributed by atoms with Crippen molar-refractivity contribution in [3.63, 3.8) is 0 Å². The van der Waals surface area contributed by atoms with E-state index in [2.05, 4.69) is 10.6 Å². The molecular formula is C11H18N2O6S. The predicted octanol–water partition coefficient (Wildman–Crippen LogP) is -0.356. The zero-order valence-electron chi connectivity index (χ0n) is 10.9. The van der Waals surface area contributed by atoms with Gasteiger partial charge in [0.25, 0.3) is 0 Å². The van der Waals surface area contributed by atoms with Crippen LogP contribution in [0.1, 0.15) is 32.1 Å². The van der Waals surface area contributed by atoms with Crippen molar-refractivity contribution >= 4 is 27.7 Å². The van der Waals surface area contributed by atoms with E-state index in [0.29, 0.717) is 12.8 Å². The molecule has 0 saturated carbocycles. The third-order valence-electron chi connectivity index (χ3n) is 2.85. The Bertz CT molecular complexity index is 487. The van der Waals surface area contributed by atoms with Gasteiger partial charge >= 0.3 is 12.0 Å². The van der Waals surface area contributed by atoms with Crippen LogP contribution in [0.5, 0.6) is 0 Å². The lowest BCUT2D eigenvalue weighted by Gasteiger charge is -2.22. The molecule has 20 heavy (non-hydrogen) atoms. The number of amides is 3. The minimum absolute atomic E-state index is 0.0668. The zero-order chi connectivity index (χ0) is 15.2. The lowest BCUT2D eigenvalue weighted by molar-refractivity contribution is -0.137. The van der Waals surface area contributed by atoms with Crippen molar-refractivity contribution in [3.05, 3.63) is 0 Å².